The zero-order valence-electron chi connectivity index (χ0n) is 12.0. The first-order chi connectivity index (χ1) is 10.1. The average Bonchev–Trinajstić information content (AvgIpc) is 2.94. The molecule has 0 aliphatic carbocycles. The molecule has 3 N–H and O–H groups in total. The van der Waals surface area contributed by atoms with Gasteiger partial charge in [0.05, 0.1) is 6.54 Å². The predicted octanol–water partition coefficient (Wildman–Crippen LogP) is 0.982. The quantitative estimate of drug-likeness (QED) is 0.753. The van der Waals surface area contributed by atoms with Crippen LogP contribution in [-0.2, 0) is 6.54 Å². The van der Waals surface area contributed by atoms with Crippen molar-refractivity contribution in [2.24, 2.45) is 5.92 Å². The van der Waals surface area contributed by atoms with Crippen LogP contribution in [-0.4, -0.2) is 53.7 Å². The van der Waals surface area contributed by atoms with Crippen LogP contribution >= 0.6 is 11.3 Å². The molecule has 1 aromatic heterocycles. The molecule has 1 aliphatic rings. The Morgan fingerprint density at radius 1 is 1.57 bits per heavy atom. The highest BCUT2D eigenvalue weighted by atomic mass is 32.1. The number of thiazole rings is 1. The Hall–Kier alpha value is -1.67. The lowest BCUT2D eigenvalue weighted by atomic mass is 9.98. The SMILES string of the molecule is CNCC1CCCN(C(=O)NCc2nc(C(=O)O)cs2)C1. The van der Waals surface area contributed by atoms with E-state index in [0.717, 1.165) is 32.5 Å². The molecule has 21 heavy (non-hydrogen) atoms. The standard InChI is InChI=1S/C13H20N4O3S/c1-14-5-9-3-2-4-17(7-9)13(20)15-6-11-16-10(8-21-11)12(18)19/h8-9,14H,2-7H2,1H3,(H,15,20)(H,18,19). The van der Waals surface area contributed by atoms with E-state index in [4.69, 9.17) is 5.11 Å². The first kappa shape index (κ1) is 15.7. The normalized spacial score (nSPS) is 18.5. The number of carboxylic acid groups (broad SMARTS) is 1. The van der Waals surface area contributed by atoms with Gasteiger partial charge in [0.1, 0.15) is 5.01 Å². The summed E-state index contributed by atoms with van der Waals surface area (Å²) in [6.45, 7) is 2.71. The van der Waals surface area contributed by atoms with E-state index >= 15 is 0 Å². The summed E-state index contributed by atoms with van der Waals surface area (Å²) < 4.78 is 0. The summed E-state index contributed by atoms with van der Waals surface area (Å²) in [6.07, 6.45) is 2.15. The van der Waals surface area contributed by atoms with Gasteiger partial charge in [-0.3, -0.25) is 0 Å². The second-order valence-corrected chi connectivity index (χ2v) is 6.04. The average molecular weight is 312 g/mol. The minimum atomic E-state index is -1.05. The molecule has 0 aromatic carbocycles. The van der Waals surface area contributed by atoms with Crippen LogP contribution in [0.25, 0.3) is 0 Å². The molecule has 1 unspecified atom stereocenters. The van der Waals surface area contributed by atoms with E-state index in [0.29, 0.717) is 10.9 Å². The summed E-state index contributed by atoms with van der Waals surface area (Å²) in [4.78, 5) is 28.6. The Kier molecular flexibility index (Phi) is 5.51. The molecule has 1 fully saturated rings. The van der Waals surface area contributed by atoms with Crippen molar-refractivity contribution >= 4 is 23.3 Å². The molecule has 1 aliphatic heterocycles. The van der Waals surface area contributed by atoms with Crippen molar-refractivity contribution in [2.45, 2.75) is 19.4 Å². The van der Waals surface area contributed by atoms with Crippen molar-refractivity contribution in [3.8, 4) is 0 Å². The Labute approximate surface area is 127 Å². The predicted molar refractivity (Wildman–Crippen MR) is 79.5 cm³/mol. The van der Waals surface area contributed by atoms with Gasteiger partial charge in [0, 0.05) is 18.5 Å². The van der Waals surface area contributed by atoms with Crippen molar-refractivity contribution in [3.63, 3.8) is 0 Å². The van der Waals surface area contributed by atoms with Gasteiger partial charge in [-0.25, -0.2) is 14.6 Å². The maximum Gasteiger partial charge on any atom is 0.355 e. The van der Waals surface area contributed by atoms with E-state index < -0.39 is 5.97 Å². The number of urea groups is 1. The Bertz CT molecular complexity index is 503. The first-order valence-electron chi connectivity index (χ1n) is 6.95. The van der Waals surface area contributed by atoms with E-state index in [-0.39, 0.29) is 18.3 Å². The number of carbonyl (C=O) groups excluding carboxylic acids is 1. The summed E-state index contributed by atoms with van der Waals surface area (Å²) >= 11 is 1.24. The van der Waals surface area contributed by atoms with Crippen LogP contribution in [0.4, 0.5) is 4.79 Å². The van der Waals surface area contributed by atoms with Crippen molar-refractivity contribution < 1.29 is 14.7 Å². The number of rotatable bonds is 5. The lowest BCUT2D eigenvalue weighted by Crippen LogP contribution is -2.46. The van der Waals surface area contributed by atoms with Crippen LogP contribution in [0.1, 0.15) is 28.3 Å². The molecular formula is C13H20N4O3S. The number of hydrogen-bond donors (Lipinski definition) is 3. The van der Waals surface area contributed by atoms with Crippen LogP contribution < -0.4 is 10.6 Å². The molecule has 0 spiro atoms. The summed E-state index contributed by atoms with van der Waals surface area (Å²) in [5, 5.41) is 16.8. The monoisotopic (exact) mass is 312 g/mol. The second-order valence-electron chi connectivity index (χ2n) is 5.10. The number of nitrogens with one attached hydrogen (secondary N) is 2. The first-order valence-corrected chi connectivity index (χ1v) is 7.83. The largest absolute Gasteiger partial charge is 0.476 e. The summed E-state index contributed by atoms with van der Waals surface area (Å²) in [5.41, 5.74) is 0.0244. The lowest BCUT2D eigenvalue weighted by molar-refractivity contribution is 0.0691. The lowest BCUT2D eigenvalue weighted by Gasteiger charge is -2.32. The van der Waals surface area contributed by atoms with Gasteiger partial charge in [-0.2, -0.15) is 0 Å². The van der Waals surface area contributed by atoms with Crippen molar-refractivity contribution in [2.75, 3.05) is 26.7 Å². The van der Waals surface area contributed by atoms with E-state index in [9.17, 15) is 9.59 Å². The molecule has 7 nitrogen and oxygen atoms in total. The highest BCUT2D eigenvalue weighted by Crippen LogP contribution is 2.16. The van der Waals surface area contributed by atoms with Crippen LogP contribution in [0.2, 0.25) is 0 Å². The van der Waals surface area contributed by atoms with Crippen molar-refractivity contribution in [1.82, 2.24) is 20.5 Å². The summed E-state index contributed by atoms with van der Waals surface area (Å²) in [5.74, 6) is -0.553. The molecule has 2 amide bonds. The number of hydrogen-bond acceptors (Lipinski definition) is 5. The fraction of sp³-hybridized carbons (Fsp3) is 0.615. The molecule has 1 atom stereocenters. The van der Waals surface area contributed by atoms with Gasteiger partial charge in [-0.15, -0.1) is 11.3 Å². The van der Waals surface area contributed by atoms with Gasteiger partial charge in [0.15, 0.2) is 5.69 Å². The van der Waals surface area contributed by atoms with Gasteiger partial charge in [-0.1, -0.05) is 0 Å². The smallest absolute Gasteiger partial charge is 0.355 e. The molecule has 1 aromatic rings. The molecular weight excluding hydrogens is 292 g/mol. The molecule has 0 radical (unpaired) electrons. The Morgan fingerprint density at radius 2 is 2.38 bits per heavy atom. The maximum atomic E-state index is 12.1. The minimum Gasteiger partial charge on any atom is -0.476 e. The number of aromatic nitrogens is 1. The topological polar surface area (TPSA) is 94.6 Å². The van der Waals surface area contributed by atoms with Gasteiger partial charge in [-0.05, 0) is 32.4 Å². The third-order valence-electron chi connectivity index (χ3n) is 3.46. The summed E-state index contributed by atoms with van der Waals surface area (Å²) in [6, 6.07) is -0.108. The zero-order chi connectivity index (χ0) is 15.2. The Balaban J connectivity index is 1.81. The van der Waals surface area contributed by atoms with E-state index in [1.165, 1.54) is 16.7 Å². The van der Waals surface area contributed by atoms with Gasteiger partial charge >= 0.3 is 12.0 Å². The van der Waals surface area contributed by atoms with Crippen molar-refractivity contribution in [3.05, 3.63) is 16.1 Å². The number of carbonyl (C=O) groups is 2. The number of piperidine rings is 1. The molecule has 2 heterocycles. The van der Waals surface area contributed by atoms with Gasteiger partial charge in [0.2, 0.25) is 0 Å². The van der Waals surface area contributed by atoms with Crippen molar-refractivity contribution in [1.29, 1.82) is 0 Å². The molecule has 116 valence electrons. The third kappa shape index (κ3) is 4.40. The van der Waals surface area contributed by atoms with E-state index in [2.05, 4.69) is 15.6 Å². The van der Waals surface area contributed by atoms with Crippen LogP contribution in [0.5, 0.6) is 0 Å². The number of carboxylic acids is 1. The van der Waals surface area contributed by atoms with Gasteiger partial charge in [0.25, 0.3) is 0 Å². The molecule has 1 saturated heterocycles. The van der Waals surface area contributed by atoms with Crippen LogP contribution in [0, 0.1) is 5.92 Å². The number of likely N-dealkylation sites (tertiary alicyclic amines) is 1. The number of nitrogens with zero attached hydrogens (tertiary/aromatic N) is 2. The molecule has 8 heteroatoms. The van der Waals surface area contributed by atoms with Gasteiger partial charge < -0.3 is 20.6 Å². The highest BCUT2D eigenvalue weighted by Gasteiger charge is 2.23. The summed E-state index contributed by atoms with van der Waals surface area (Å²) in [7, 11) is 1.92. The van der Waals surface area contributed by atoms with Crippen LogP contribution in [0.3, 0.4) is 0 Å². The van der Waals surface area contributed by atoms with Crippen LogP contribution in [0.15, 0.2) is 5.38 Å². The van der Waals surface area contributed by atoms with E-state index in [1.54, 1.807) is 0 Å². The molecule has 0 saturated carbocycles. The number of aromatic carboxylic acids is 1. The fourth-order valence-electron chi connectivity index (χ4n) is 2.46. The number of amides is 2. The molecule has 2 rings (SSSR count). The Morgan fingerprint density at radius 3 is 3.05 bits per heavy atom. The second kappa shape index (κ2) is 7.37. The zero-order valence-corrected chi connectivity index (χ0v) is 12.8. The third-order valence-corrected chi connectivity index (χ3v) is 4.31. The maximum absolute atomic E-state index is 12.1. The fourth-order valence-corrected chi connectivity index (χ4v) is 3.17. The minimum absolute atomic E-state index is 0.0244. The highest BCUT2D eigenvalue weighted by molar-refractivity contribution is 7.09. The molecule has 0 bridgehead atoms. The van der Waals surface area contributed by atoms with E-state index in [1.807, 2.05) is 11.9 Å².